The predicted molar refractivity (Wildman–Crippen MR) is 129 cm³/mol. The van der Waals surface area contributed by atoms with Crippen molar-refractivity contribution < 1.29 is 18.9 Å². The topological polar surface area (TPSA) is 46.4 Å². The van der Waals surface area contributed by atoms with Crippen molar-refractivity contribution in [3.63, 3.8) is 0 Å². The molecule has 1 heterocycles. The summed E-state index contributed by atoms with van der Waals surface area (Å²) in [6.07, 6.45) is 3.11. The number of nitrogens with zero attached hydrogens (tertiary/aromatic N) is 1. The summed E-state index contributed by atoms with van der Waals surface area (Å²) in [5.74, 6) is -0.483. The van der Waals surface area contributed by atoms with Gasteiger partial charge in [-0.2, -0.15) is 4.58 Å². The smallest absolute Gasteiger partial charge is 0.345 e. The van der Waals surface area contributed by atoms with Crippen LogP contribution in [0.2, 0.25) is 0 Å². The van der Waals surface area contributed by atoms with Crippen molar-refractivity contribution >= 4 is 39.1 Å². The molecule has 0 aromatic heterocycles. The number of rotatable bonds is 4. The van der Waals surface area contributed by atoms with Crippen LogP contribution < -0.4 is 0 Å². The quantitative estimate of drug-likeness (QED) is 0.388. The van der Waals surface area contributed by atoms with Crippen molar-refractivity contribution in [2.24, 2.45) is 0 Å². The maximum Gasteiger partial charge on any atom is 0.345 e. The number of allylic oxidation sites excluding steroid dienone is 2. The van der Waals surface area contributed by atoms with Gasteiger partial charge in [0.15, 0.2) is 5.78 Å². The molecule has 0 saturated carbocycles. The van der Waals surface area contributed by atoms with Crippen LogP contribution >= 0.6 is 15.9 Å². The predicted octanol–water partition coefficient (Wildman–Crippen LogP) is 6.00. The lowest BCUT2D eigenvalue weighted by atomic mass is 9.85. The number of benzene rings is 2. The Morgan fingerprint density at radius 1 is 1.12 bits per heavy atom. The van der Waals surface area contributed by atoms with Gasteiger partial charge in [0.05, 0.1) is 6.61 Å². The first-order chi connectivity index (χ1) is 15.2. The summed E-state index contributed by atoms with van der Waals surface area (Å²) in [6.45, 7) is 8.53. The van der Waals surface area contributed by atoms with E-state index in [1.807, 2.05) is 36.4 Å². The third-order valence-corrected chi connectivity index (χ3v) is 6.22. The molecule has 1 aliphatic carbocycles. The van der Waals surface area contributed by atoms with Gasteiger partial charge in [-0.3, -0.25) is 4.79 Å². The number of esters is 1. The fraction of sp³-hybridized carbons (Fsp3) is 0.296. The average Bonchev–Trinajstić information content (AvgIpc) is 3.10. The number of ketones is 1. The zero-order chi connectivity index (χ0) is 23.0. The highest BCUT2D eigenvalue weighted by molar-refractivity contribution is 9.10. The molecule has 0 amide bonds. The first-order valence-corrected chi connectivity index (χ1v) is 11.7. The van der Waals surface area contributed by atoms with Crippen LogP contribution in [0.15, 0.2) is 75.9 Å². The van der Waals surface area contributed by atoms with Crippen LogP contribution in [0.3, 0.4) is 0 Å². The highest BCUT2D eigenvalue weighted by atomic mass is 79.9. The van der Waals surface area contributed by atoms with Gasteiger partial charge < -0.3 is 4.74 Å². The Hall–Kier alpha value is -2.79. The third-order valence-electron chi connectivity index (χ3n) is 5.73. The molecule has 1 aliphatic heterocycles. The van der Waals surface area contributed by atoms with Crippen molar-refractivity contribution in [2.45, 2.75) is 46.0 Å². The number of carbonyl (C=O) groups is 2. The van der Waals surface area contributed by atoms with Crippen LogP contribution in [-0.2, 0) is 19.7 Å². The summed E-state index contributed by atoms with van der Waals surface area (Å²) in [5, 5.41) is 0. The zero-order valence-electron chi connectivity index (χ0n) is 18.9. The molecule has 4 rings (SSSR count). The van der Waals surface area contributed by atoms with Gasteiger partial charge in [0, 0.05) is 28.1 Å². The molecule has 32 heavy (non-hydrogen) atoms. The maximum atomic E-state index is 13.3. The SMILES string of the molecule is CCOC(=O)C1=C2C(=O)CCC=C2[N+](c2ccccc2C(C)(C)C)=C1c1cccc(Br)c1. The van der Waals surface area contributed by atoms with Crippen LogP contribution in [-0.4, -0.2) is 28.6 Å². The van der Waals surface area contributed by atoms with E-state index in [9.17, 15) is 9.59 Å². The number of ether oxygens (including phenoxy) is 1. The minimum absolute atomic E-state index is 0.0196. The van der Waals surface area contributed by atoms with E-state index in [4.69, 9.17) is 4.74 Å². The van der Waals surface area contributed by atoms with Gasteiger partial charge in [-0.15, -0.1) is 0 Å². The first-order valence-electron chi connectivity index (χ1n) is 10.9. The summed E-state index contributed by atoms with van der Waals surface area (Å²) in [4.78, 5) is 26.4. The highest BCUT2D eigenvalue weighted by Crippen LogP contribution is 2.41. The van der Waals surface area contributed by atoms with Crippen molar-refractivity contribution in [3.05, 3.63) is 87.0 Å². The second kappa shape index (κ2) is 8.62. The van der Waals surface area contributed by atoms with Crippen LogP contribution in [0, 0.1) is 0 Å². The molecule has 0 spiro atoms. The Labute approximate surface area is 197 Å². The van der Waals surface area contributed by atoms with Gasteiger partial charge in [0.25, 0.3) is 0 Å². The van der Waals surface area contributed by atoms with Crippen LogP contribution in [0.4, 0.5) is 5.69 Å². The lowest BCUT2D eigenvalue weighted by Crippen LogP contribution is -2.22. The van der Waals surface area contributed by atoms with E-state index in [0.29, 0.717) is 29.7 Å². The third kappa shape index (κ3) is 3.90. The highest BCUT2D eigenvalue weighted by Gasteiger charge is 2.48. The Morgan fingerprint density at radius 3 is 2.56 bits per heavy atom. The van der Waals surface area contributed by atoms with E-state index in [-0.39, 0.29) is 17.8 Å². The van der Waals surface area contributed by atoms with Gasteiger partial charge in [0.2, 0.25) is 17.1 Å². The number of hydrogen-bond donors (Lipinski definition) is 0. The van der Waals surface area contributed by atoms with Gasteiger partial charge in [-0.1, -0.05) is 61.0 Å². The first kappa shape index (κ1) is 22.4. The van der Waals surface area contributed by atoms with E-state index in [2.05, 4.69) is 59.5 Å². The Morgan fingerprint density at radius 2 is 1.88 bits per heavy atom. The second-order valence-electron chi connectivity index (χ2n) is 8.98. The Balaban J connectivity index is 2.13. The fourth-order valence-corrected chi connectivity index (χ4v) is 4.79. The average molecular weight is 493 g/mol. The van der Waals surface area contributed by atoms with E-state index in [0.717, 1.165) is 27.0 Å². The van der Waals surface area contributed by atoms with Gasteiger partial charge in [-0.25, -0.2) is 4.79 Å². The van der Waals surface area contributed by atoms with E-state index in [1.165, 1.54) is 0 Å². The van der Waals surface area contributed by atoms with Crippen LogP contribution in [0.25, 0.3) is 0 Å². The maximum absolute atomic E-state index is 13.3. The molecular formula is C27H27BrNO3+. The normalized spacial score (nSPS) is 16.3. The van der Waals surface area contributed by atoms with E-state index < -0.39 is 5.97 Å². The molecule has 0 unspecified atom stereocenters. The van der Waals surface area contributed by atoms with Gasteiger partial charge in [-0.05, 0) is 43.0 Å². The van der Waals surface area contributed by atoms with Crippen LogP contribution in [0.5, 0.6) is 0 Å². The minimum atomic E-state index is -0.464. The molecule has 0 atom stereocenters. The summed E-state index contributed by atoms with van der Waals surface area (Å²) in [5.41, 5.74) is 5.10. The molecule has 0 N–H and O–H groups in total. The molecule has 2 aromatic carbocycles. The monoisotopic (exact) mass is 492 g/mol. The largest absolute Gasteiger partial charge is 0.462 e. The lowest BCUT2D eigenvalue weighted by molar-refractivity contribution is -0.375. The Bertz CT molecular complexity index is 1210. The summed E-state index contributed by atoms with van der Waals surface area (Å²) in [7, 11) is 0. The van der Waals surface area contributed by atoms with E-state index >= 15 is 0 Å². The van der Waals surface area contributed by atoms with Crippen LogP contribution in [0.1, 0.15) is 51.7 Å². The lowest BCUT2D eigenvalue weighted by Gasteiger charge is -2.21. The number of hydrogen-bond acceptors (Lipinski definition) is 3. The van der Waals surface area contributed by atoms with Crippen molar-refractivity contribution in [1.82, 2.24) is 0 Å². The fourth-order valence-electron chi connectivity index (χ4n) is 4.40. The molecule has 0 bridgehead atoms. The number of halogens is 1. The second-order valence-corrected chi connectivity index (χ2v) is 9.90. The standard InChI is InChI=1S/C27H27BrNO3/c1-5-32-26(31)24-23-21(14-9-15-22(23)30)29(25(24)17-10-8-11-18(28)16-17)20-13-7-6-12-19(20)27(2,3)4/h6-8,10-14,16H,5,9,15H2,1-4H3/q+1. The van der Waals surface area contributed by atoms with Crippen molar-refractivity contribution in [2.75, 3.05) is 6.61 Å². The van der Waals surface area contributed by atoms with Crippen molar-refractivity contribution in [1.29, 1.82) is 0 Å². The molecule has 4 nitrogen and oxygen atoms in total. The molecule has 2 aliphatic rings. The zero-order valence-corrected chi connectivity index (χ0v) is 20.5. The molecule has 0 fully saturated rings. The molecule has 5 heteroatoms. The minimum Gasteiger partial charge on any atom is -0.462 e. The molecule has 0 saturated heterocycles. The Kier molecular flexibility index (Phi) is 6.04. The number of fused-ring (bicyclic) bond motifs is 1. The summed E-state index contributed by atoms with van der Waals surface area (Å²) >= 11 is 3.56. The van der Waals surface area contributed by atoms with Crippen molar-refractivity contribution in [3.8, 4) is 0 Å². The molecule has 2 aromatic rings. The number of carbonyl (C=O) groups excluding carboxylic acids is 2. The molecule has 0 radical (unpaired) electrons. The number of para-hydroxylation sites is 1. The number of Topliss-reactive ketones (excluding diaryl/α,β-unsaturated/α-hetero) is 1. The van der Waals surface area contributed by atoms with Gasteiger partial charge >= 0.3 is 5.97 Å². The summed E-state index contributed by atoms with van der Waals surface area (Å²) in [6, 6.07) is 16.0. The molecule has 164 valence electrons. The molecular weight excluding hydrogens is 466 g/mol. The summed E-state index contributed by atoms with van der Waals surface area (Å²) < 4.78 is 8.43. The van der Waals surface area contributed by atoms with Gasteiger partial charge in [0.1, 0.15) is 11.1 Å². The van der Waals surface area contributed by atoms with E-state index in [1.54, 1.807) is 6.92 Å².